The van der Waals surface area contributed by atoms with Crippen LogP contribution < -0.4 is 66.3 Å². The standard InChI is InChI=1S/C12H17BF3O3.K/c1-9(2)18-6-7-19-12-5-4-10(17-3)8-11(12)13(14,15)16;/h4-5,8-9H,6-7H2,1-3H3;/q-1;+1. The molecule has 0 radical (unpaired) electrons. The Balaban J connectivity index is 0.00000361. The van der Waals surface area contributed by atoms with Crippen molar-refractivity contribution >= 4 is 12.4 Å². The van der Waals surface area contributed by atoms with Crippen LogP contribution in [0, 0.1) is 0 Å². The monoisotopic (exact) mass is 316 g/mol. The normalized spacial score (nSPS) is 11.2. The largest absolute Gasteiger partial charge is 1.00 e. The molecule has 1 aromatic carbocycles. The van der Waals surface area contributed by atoms with Crippen LogP contribution in [0.4, 0.5) is 12.9 Å². The number of hydrogen-bond donors (Lipinski definition) is 0. The fourth-order valence-corrected chi connectivity index (χ4v) is 1.48. The summed E-state index contributed by atoms with van der Waals surface area (Å²) in [6.45, 7) is -1.14. The van der Waals surface area contributed by atoms with Gasteiger partial charge in [0.1, 0.15) is 12.4 Å². The molecule has 0 aromatic heterocycles. The minimum atomic E-state index is -5.14. The van der Waals surface area contributed by atoms with Crippen LogP contribution in [0.1, 0.15) is 13.8 Å². The predicted molar refractivity (Wildman–Crippen MR) is 68.3 cm³/mol. The molecule has 0 bridgehead atoms. The summed E-state index contributed by atoms with van der Waals surface area (Å²) in [5.74, 6) is -0.0411. The Hall–Kier alpha value is 0.271. The smallest absolute Gasteiger partial charge is 0.497 e. The SMILES string of the molecule is COc1ccc(OCCOC(C)C)c([B-](F)(F)F)c1.[K+]. The van der Waals surface area contributed by atoms with Gasteiger partial charge >= 0.3 is 58.4 Å². The van der Waals surface area contributed by atoms with Crippen LogP contribution in [0.2, 0.25) is 0 Å². The fourth-order valence-electron chi connectivity index (χ4n) is 1.48. The molecule has 0 aliphatic rings. The molecular weight excluding hydrogens is 299 g/mol. The molecule has 0 aliphatic carbocycles. The topological polar surface area (TPSA) is 27.7 Å². The Labute approximate surface area is 159 Å². The molecule has 0 saturated carbocycles. The van der Waals surface area contributed by atoms with Crippen LogP contribution in [-0.4, -0.2) is 33.4 Å². The third-order valence-corrected chi connectivity index (χ3v) is 2.36. The van der Waals surface area contributed by atoms with Crippen LogP contribution in [0.15, 0.2) is 18.2 Å². The molecule has 3 nitrogen and oxygen atoms in total. The van der Waals surface area contributed by atoms with Crippen molar-refractivity contribution in [2.75, 3.05) is 20.3 Å². The van der Waals surface area contributed by atoms with E-state index in [4.69, 9.17) is 14.2 Å². The van der Waals surface area contributed by atoms with E-state index in [0.717, 1.165) is 6.07 Å². The Bertz CT molecular complexity index is 413. The van der Waals surface area contributed by atoms with Crippen molar-refractivity contribution in [1.82, 2.24) is 0 Å². The van der Waals surface area contributed by atoms with Gasteiger partial charge in [-0.25, -0.2) is 0 Å². The van der Waals surface area contributed by atoms with Gasteiger partial charge in [0.2, 0.25) is 0 Å². The molecule has 20 heavy (non-hydrogen) atoms. The number of methoxy groups -OCH3 is 1. The second-order valence-electron chi connectivity index (χ2n) is 4.25. The zero-order valence-corrected chi connectivity index (χ0v) is 15.3. The summed E-state index contributed by atoms with van der Waals surface area (Å²) in [5.41, 5.74) is -0.788. The van der Waals surface area contributed by atoms with E-state index < -0.39 is 12.4 Å². The van der Waals surface area contributed by atoms with Crippen LogP contribution in [-0.2, 0) is 4.74 Å². The quantitative estimate of drug-likeness (QED) is 0.504. The molecule has 0 atom stereocenters. The van der Waals surface area contributed by atoms with Gasteiger partial charge in [-0.15, -0.1) is 0 Å². The van der Waals surface area contributed by atoms with Crippen molar-refractivity contribution in [2.45, 2.75) is 20.0 Å². The molecule has 0 unspecified atom stereocenters. The van der Waals surface area contributed by atoms with Crippen molar-refractivity contribution in [3.05, 3.63) is 18.2 Å². The van der Waals surface area contributed by atoms with Crippen LogP contribution in [0.5, 0.6) is 11.5 Å². The molecule has 0 aliphatic heterocycles. The third-order valence-electron chi connectivity index (χ3n) is 2.36. The van der Waals surface area contributed by atoms with Crippen molar-refractivity contribution in [1.29, 1.82) is 0 Å². The fraction of sp³-hybridized carbons (Fsp3) is 0.500. The first-order valence-electron chi connectivity index (χ1n) is 5.97. The maximum atomic E-state index is 12.9. The summed E-state index contributed by atoms with van der Waals surface area (Å²) in [7, 11) is 1.32. The third kappa shape index (κ3) is 6.82. The minimum Gasteiger partial charge on any atom is -0.497 e. The molecule has 1 rings (SSSR count). The molecule has 8 heteroatoms. The second kappa shape index (κ2) is 9.32. The van der Waals surface area contributed by atoms with Gasteiger partial charge in [0.25, 0.3) is 0 Å². The van der Waals surface area contributed by atoms with Gasteiger partial charge < -0.3 is 27.2 Å². The van der Waals surface area contributed by atoms with Crippen molar-refractivity contribution in [2.24, 2.45) is 0 Å². The van der Waals surface area contributed by atoms with Crippen molar-refractivity contribution in [3.63, 3.8) is 0 Å². The maximum absolute atomic E-state index is 12.9. The van der Waals surface area contributed by atoms with E-state index in [-0.39, 0.29) is 82.2 Å². The van der Waals surface area contributed by atoms with E-state index in [1.54, 1.807) is 0 Å². The van der Waals surface area contributed by atoms with Crippen LogP contribution >= 0.6 is 0 Å². The average molecular weight is 316 g/mol. The first-order valence-corrected chi connectivity index (χ1v) is 5.97. The molecule has 108 valence electrons. The number of rotatable bonds is 7. The zero-order chi connectivity index (χ0) is 14.5. The van der Waals surface area contributed by atoms with Gasteiger partial charge in [0.15, 0.2) is 0 Å². The van der Waals surface area contributed by atoms with Gasteiger partial charge in [-0.1, -0.05) is 5.46 Å². The molecular formula is C12H17BF3KO3. The summed E-state index contributed by atoms with van der Waals surface area (Å²) in [5, 5.41) is 0. The molecule has 0 N–H and O–H groups in total. The van der Waals surface area contributed by atoms with E-state index >= 15 is 0 Å². The predicted octanol–water partition coefficient (Wildman–Crippen LogP) is -0.443. The van der Waals surface area contributed by atoms with Gasteiger partial charge in [-0.2, -0.15) is 0 Å². The van der Waals surface area contributed by atoms with E-state index in [9.17, 15) is 12.9 Å². The molecule has 1 aromatic rings. The minimum absolute atomic E-state index is 0. The molecule has 0 saturated heterocycles. The Morgan fingerprint density at radius 1 is 1.15 bits per heavy atom. The van der Waals surface area contributed by atoms with Crippen molar-refractivity contribution in [3.8, 4) is 11.5 Å². The van der Waals surface area contributed by atoms with Crippen LogP contribution in [0.3, 0.4) is 0 Å². The first kappa shape index (κ1) is 20.3. The molecule has 0 fully saturated rings. The van der Waals surface area contributed by atoms with E-state index in [2.05, 4.69) is 0 Å². The Morgan fingerprint density at radius 2 is 1.80 bits per heavy atom. The average Bonchev–Trinajstić information content (AvgIpc) is 2.33. The van der Waals surface area contributed by atoms with E-state index in [0.29, 0.717) is 0 Å². The second-order valence-corrected chi connectivity index (χ2v) is 4.25. The molecule has 0 amide bonds. The number of halogens is 3. The van der Waals surface area contributed by atoms with Gasteiger partial charge in [0.05, 0.1) is 25.6 Å². The zero-order valence-electron chi connectivity index (χ0n) is 12.2. The summed E-state index contributed by atoms with van der Waals surface area (Å²) >= 11 is 0. The molecule has 0 spiro atoms. The van der Waals surface area contributed by atoms with E-state index in [1.807, 2.05) is 13.8 Å². The number of benzene rings is 1. The van der Waals surface area contributed by atoms with E-state index in [1.165, 1.54) is 19.2 Å². The number of hydrogen-bond acceptors (Lipinski definition) is 3. The van der Waals surface area contributed by atoms with Gasteiger partial charge in [0, 0.05) is 0 Å². The van der Waals surface area contributed by atoms with Gasteiger partial charge in [-0.05, 0) is 32.0 Å². The Kier molecular flexibility index (Phi) is 9.45. The van der Waals surface area contributed by atoms with Crippen LogP contribution in [0.25, 0.3) is 0 Å². The summed E-state index contributed by atoms with van der Waals surface area (Å²) in [4.78, 5) is 0. The summed E-state index contributed by atoms with van der Waals surface area (Å²) in [6.07, 6.45) is 0.0192. The maximum Gasteiger partial charge on any atom is 1.00 e. The number of ether oxygens (including phenoxy) is 3. The Morgan fingerprint density at radius 3 is 2.30 bits per heavy atom. The summed E-state index contributed by atoms with van der Waals surface area (Å²) < 4.78 is 53.8. The summed E-state index contributed by atoms with van der Waals surface area (Å²) in [6, 6.07) is 3.64. The first-order chi connectivity index (χ1) is 8.84. The van der Waals surface area contributed by atoms with Gasteiger partial charge in [-0.3, -0.25) is 0 Å². The van der Waals surface area contributed by atoms with Crippen molar-refractivity contribution < 1.29 is 78.5 Å². The molecule has 0 heterocycles.